The van der Waals surface area contributed by atoms with Crippen molar-refractivity contribution in [3.05, 3.63) is 47.7 Å². The molecule has 1 fully saturated rings. The predicted molar refractivity (Wildman–Crippen MR) is 121 cm³/mol. The van der Waals surface area contributed by atoms with Crippen LogP contribution in [0.3, 0.4) is 0 Å². The van der Waals surface area contributed by atoms with Crippen LogP contribution in [0, 0.1) is 0 Å². The van der Waals surface area contributed by atoms with Crippen LogP contribution in [0.15, 0.2) is 47.1 Å². The minimum atomic E-state index is -0.767. The van der Waals surface area contributed by atoms with Crippen LogP contribution in [0.4, 0.5) is 4.79 Å². The molecular formula is C23H34N4O4. The molecular weight excluding hydrogens is 396 g/mol. The largest absolute Gasteiger partial charge is 0.467 e. The summed E-state index contributed by atoms with van der Waals surface area (Å²) in [5.74, 6) is 0.254. The Morgan fingerprint density at radius 2 is 1.90 bits per heavy atom. The highest BCUT2D eigenvalue weighted by Crippen LogP contribution is 2.18. The molecule has 1 aromatic rings. The van der Waals surface area contributed by atoms with E-state index in [1.807, 2.05) is 36.1 Å². The number of amides is 1. The van der Waals surface area contributed by atoms with Crippen LogP contribution in [0.2, 0.25) is 0 Å². The molecule has 2 rings (SSSR count). The molecule has 1 amide bonds. The molecule has 1 aliphatic heterocycles. The van der Waals surface area contributed by atoms with E-state index < -0.39 is 23.7 Å². The number of piperazine rings is 1. The predicted octanol–water partition coefficient (Wildman–Crippen LogP) is 2.80. The van der Waals surface area contributed by atoms with Gasteiger partial charge in [-0.2, -0.15) is 0 Å². The number of carbonyl (C=O) groups excluding carboxylic acids is 2. The van der Waals surface area contributed by atoms with Crippen molar-refractivity contribution in [2.24, 2.45) is 4.99 Å². The van der Waals surface area contributed by atoms with Gasteiger partial charge in [0, 0.05) is 32.4 Å². The van der Waals surface area contributed by atoms with E-state index in [0.717, 1.165) is 11.5 Å². The number of hydrogen-bond donors (Lipinski definition) is 1. The third kappa shape index (κ3) is 7.31. The summed E-state index contributed by atoms with van der Waals surface area (Å²) < 4.78 is 10.4. The molecule has 170 valence electrons. The normalized spacial score (nSPS) is 17.9. The Morgan fingerprint density at radius 1 is 1.23 bits per heavy atom. The van der Waals surface area contributed by atoms with E-state index >= 15 is 0 Å². The molecule has 1 aliphatic rings. The zero-order chi connectivity index (χ0) is 23.0. The first-order chi connectivity index (χ1) is 14.6. The highest BCUT2D eigenvalue weighted by molar-refractivity contribution is 5.94. The van der Waals surface area contributed by atoms with E-state index in [-0.39, 0.29) is 6.54 Å². The number of rotatable bonds is 5. The first-order valence-corrected chi connectivity index (χ1v) is 10.4. The van der Waals surface area contributed by atoms with Gasteiger partial charge in [0.05, 0.1) is 13.7 Å². The molecule has 1 heterocycles. The van der Waals surface area contributed by atoms with Gasteiger partial charge in [0.1, 0.15) is 11.4 Å². The molecule has 0 unspecified atom stereocenters. The number of benzene rings is 1. The summed E-state index contributed by atoms with van der Waals surface area (Å²) in [7, 11) is 3.03. The van der Waals surface area contributed by atoms with E-state index in [2.05, 4.69) is 22.4 Å². The van der Waals surface area contributed by atoms with Crippen molar-refractivity contribution in [3.63, 3.8) is 0 Å². The van der Waals surface area contributed by atoms with Crippen LogP contribution in [-0.4, -0.2) is 73.1 Å². The Balaban J connectivity index is 2.09. The topological polar surface area (TPSA) is 83.5 Å². The highest BCUT2D eigenvalue weighted by Gasteiger charge is 2.38. The van der Waals surface area contributed by atoms with Crippen LogP contribution in [-0.2, 0) is 20.8 Å². The summed E-state index contributed by atoms with van der Waals surface area (Å²) in [6, 6.07) is 9.36. The Labute approximate surface area is 184 Å². The SMILES string of the molecule is CN=C(C=C(C)NCc1ccccc1)N1CCN(C(=O)OC(C)(C)C)[C@H](C(=O)OC)C1. The monoisotopic (exact) mass is 430 g/mol. The van der Waals surface area contributed by atoms with Gasteiger partial charge in [0.25, 0.3) is 0 Å². The number of nitrogens with one attached hydrogen (secondary N) is 1. The fourth-order valence-electron chi connectivity index (χ4n) is 3.25. The number of esters is 1. The van der Waals surface area contributed by atoms with Gasteiger partial charge in [-0.3, -0.25) is 9.89 Å². The van der Waals surface area contributed by atoms with Crippen LogP contribution in [0.5, 0.6) is 0 Å². The second kappa shape index (κ2) is 10.8. The molecule has 1 N–H and O–H groups in total. The fraction of sp³-hybridized carbons (Fsp3) is 0.522. The molecule has 31 heavy (non-hydrogen) atoms. The molecule has 0 spiro atoms. The number of ether oxygens (including phenoxy) is 2. The molecule has 0 saturated carbocycles. The van der Waals surface area contributed by atoms with Gasteiger partial charge in [-0.15, -0.1) is 0 Å². The van der Waals surface area contributed by atoms with E-state index in [0.29, 0.717) is 19.6 Å². The zero-order valence-corrected chi connectivity index (χ0v) is 19.3. The lowest BCUT2D eigenvalue weighted by atomic mass is 10.1. The van der Waals surface area contributed by atoms with Crippen molar-refractivity contribution < 1.29 is 19.1 Å². The second-order valence-corrected chi connectivity index (χ2v) is 8.41. The van der Waals surface area contributed by atoms with Gasteiger partial charge in [0.15, 0.2) is 6.04 Å². The molecule has 1 aromatic carbocycles. The van der Waals surface area contributed by atoms with Crippen molar-refractivity contribution in [1.82, 2.24) is 15.1 Å². The maximum atomic E-state index is 12.6. The standard InChI is InChI=1S/C23H34N4O4/c1-17(25-15-18-10-8-7-9-11-18)14-20(24-5)26-12-13-27(19(16-26)21(28)30-6)22(29)31-23(2,3)4/h7-11,14,19,25H,12-13,15-16H2,1-6H3/t19-/m0/s1. The van der Waals surface area contributed by atoms with Gasteiger partial charge in [0.2, 0.25) is 0 Å². The summed E-state index contributed by atoms with van der Waals surface area (Å²) in [5.41, 5.74) is 1.49. The van der Waals surface area contributed by atoms with Crippen LogP contribution in [0.25, 0.3) is 0 Å². The third-order valence-corrected chi connectivity index (χ3v) is 4.79. The van der Waals surface area contributed by atoms with Crippen molar-refractivity contribution in [2.75, 3.05) is 33.8 Å². The average molecular weight is 431 g/mol. The first kappa shape index (κ1) is 24.2. The van der Waals surface area contributed by atoms with Crippen molar-refractivity contribution in [3.8, 4) is 0 Å². The Kier molecular flexibility index (Phi) is 8.47. The van der Waals surface area contributed by atoms with Gasteiger partial charge in [-0.05, 0) is 39.3 Å². The number of amidine groups is 1. The molecule has 1 saturated heterocycles. The van der Waals surface area contributed by atoms with Crippen LogP contribution in [0.1, 0.15) is 33.3 Å². The van der Waals surface area contributed by atoms with E-state index in [4.69, 9.17) is 9.47 Å². The van der Waals surface area contributed by atoms with Crippen molar-refractivity contribution in [2.45, 2.75) is 45.9 Å². The zero-order valence-electron chi connectivity index (χ0n) is 19.3. The highest BCUT2D eigenvalue weighted by atomic mass is 16.6. The molecule has 0 bridgehead atoms. The number of nitrogens with zero attached hydrogens (tertiary/aromatic N) is 3. The van der Waals surface area contributed by atoms with Gasteiger partial charge >= 0.3 is 12.1 Å². The molecule has 0 aromatic heterocycles. The van der Waals surface area contributed by atoms with Crippen molar-refractivity contribution in [1.29, 1.82) is 0 Å². The summed E-state index contributed by atoms with van der Waals surface area (Å²) in [5, 5.41) is 3.38. The van der Waals surface area contributed by atoms with E-state index in [1.54, 1.807) is 27.8 Å². The summed E-state index contributed by atoms with van der Waals surface area (Å²) in [4.78, 5) is 32.8. The van der Waals surface area contributed by atoms with E-state index in [9.17, 15) is 9.59 Å². The smallest absolute Gasteiger partial charge is 0.411 e. The Bertz CT molecular complexity index is 815. The summed E-state index contributed by atoms with van der Waals surface area (Å²) >= 11 is 0. The minimum Gasteiger partial charge on any atom is -0.467 e. The lowest BCUT2D eigenvalue weighted by molar-refractivity contribution is -0.148. The molecule has 0 radical (unpaired) electrons. The fourth-order valence-corrected chi connectivity index (χ4v) is 3.25. The minimum absolute atomic E-state index is 0.279. The number of aliphatic imine (C=N–C) groups is 1. The lowest BCUT2D eigenvalue weighted by Crippen LogP contribution is -2.60. The molecule has 8 nitrogen and oxygen atoms in total. The number of methoxy groups -OCH3 is 1. The second-order valence-electron chi connectivity index (χ2n) is 8.41. The average Bonchev–Trinajstić information content (AvgIpc) is 2.74. The number of hydrogen-bond acceptors (Lipinski definition) is 6. The van der Waals surface area contributed by atoms with Gasteiger partial charge < -0.3 is 19.7 Å². The van der Waals surface area contributed by atoms with Gasteiger partial charge in [-0.1, -0.05) is 30.3 Å². The van der Waals surface area contributed by atoms with Crippen LogP contribution >= 0.6 is 0 Å². The molecule has 1 atom stereocenters. The number of carbonyl (C=O) groups is 2. The maximum Gasteiger partial charge on any atom is 0.411 e. The summed E-state index contributed by atoms with van der Waals surface area (Å²) in [6.45, 7) is 9.21. The summed E-state index contributed by atoms with van der Waals surface area (Å²) in [6.07, 6.45) is 1.43. The van der Waals surface area contributed by atoms with Crippen LogP contribution < -0.4 is 5.32 Å². The quantitative estimate of drug-likeness (QED) is 0.439. The first-order valence-electron chi connectivity index (χ1n) is 10.4. The molecule has 0 aliphatic carbocycles. The third-order valence-electron chi connectivity index (χ3n) is 4.79. The Morgan fingerprint density at radius 3 is 2.48 bits per heavy atom. The van der Waals surface area contributed by atoms with Crippen molar-refractivity contribution >= 4 is 17.9 Å². The maximum absolute atomic E-state index is 12.6. The molecule has 8 heteroatoms. The number of allylic oxidation sites excluding steroid dienone is 1. The van der Waals surface area contributed by atoms with E-state index in [1.165, 1.54) is 17.6 Å². The Hall–Kier alpha value is -3.03. The lowest BCUT2D eigenvalue weighted by Gasteiger charge is -2.41. The van der Waals surface area contributed by atoms with Gasteiger partial charge in [-0.25, -0.2) is 9.59 Å².